The van der Waals surface area contributed by atoms with Crippen LogP contribution in [0.3, 0.4) is 0 Å². The van der Waals surface area contributed by atoms with Crippen LogP contribution in [0.15, 0.2) is 18.2 Å². The molecule has 1 saturated carbocycles. The van der Waals surface area contributed by atoms with Gasteiger partial charge in [0.1, 0.15) is 5.54 Å². The Morgan fingerprint density at radius 2 is 2.08 bits per heavy atom. The van der Waals surface area contributed by atoms with Gasteiger partial charge in [0.2, 0.25) is 0 Å². The number of nitrogens with one attached hydrogen (secondary N) is 1. The number of benzene rings is 1. The van der Waals surface area contributed by atoms with Crippen LogP contribution in [0.1, 0.15) is 38.2 Å². The highest BCUT2D eigenvalue weighted by Crippen LogP contribution is 2.39. The Morgan fingerprint density at radius 1 is 1.31 bits per heavy atom. The van der Waals surface area contributed by atoms with Crippen molar-refractivity contribution in [1.29, 1.82) is 0 Å². The molecule has 3 rings (SSSR count). The molecular formula is C18H22F2N2O4. The first-order valence-corrected chi connectivity index (χ1v) is 8.63. The highest BCUT2D eigenvalue weighted by Gasteiger charge is 2.54. The number of imide groups is 1. The Hall–Kier alpha value is -2.38. The number of amides is 3. The van der Waals surface area contributed by atoms with Gasteiger partial charge in [-0.2, -0.15) is 8.78 Å². The van der Waals surface area contributed by atoms with Gasteiger partial charge in [-0.1, -0.05) is 25.8 Å². The summed E-state index contributed by atoms with van der Waals surface area (Å²) in [6.07, 6.45) is 3.49. The van der Waals surface area contributed by atoms with E-state index >= 15 is 0 Å². The number of hydrogen-bond donors (Lipinski definition) is 1. The van der Waals surface area contributed by atoms with Gasteiger partial charge in [-0.15, -0.1) is 0 Å². The Balaban J connectivity index is 1.80. The molecule has 8 heteroatoms. The maximum Gasteiger partial charge on any atom is 0.387 e. The van der Waals surface area contributed by atoms with Crippen molar-refractivity contribution in [2.24, 2.45) is 5.92 Å². The van der Waals surface area contributed by atoms with E-state index in [1.54, 1.807) is 0 Å². The molecule has 0 radical (unpaired) electrons. The molecule has 1 spiro atoms. The molecule has 2 fully saturated rings. The molecule has 1 saturated heterocycles. The van der Waals surface area contributed by atoms with Crippen molar-refractivity contribution in [3.63, 3.8) is 0 Å². The lowest BCUT2D eigenvalue weighted by Gasteiger charge is -2.36. The van der Waals surface area contributed by atoms with E-state index in [1.807, 2.05) is 6.92 Å². The first-order valence-electron chi connectivity index (χ1n) is 8.63. The van der Waals surface area contributed by atoms with Crippen LogP contribution in [0, 0.1) is 5.92 Å². The van der Waals surface area contributed by atoms with E-state index in [0.717, 1.165) is 19.3 Å². The average Bonchev–Trinajstić information content (AvgIpc) is 2.83. The predicted molar refractivity (Wildman–Crippen MR) is 89.1 cm³/mol. The number of urea groups is 1. The smallest absolute Gasteiger partial charge is 0.387 e. The van der Waals surface area contributed by atoms with Crippen LogP contribution >= 0.6 is 0 Å². The average molecular weight is 368 g/mol. The van der Waals surface area contributed by atoms with Crippen LogP contribution in [0.25, 0.3) is 0 Å². The lowest BCUT2D eigenvalue weighted by Crippen LogP contribution is -2.53. The summed E-state index contributed by atoms with van der Waals surface area (Å²) in [5.74, 6) is -0.118. The standard InChI is InChI=1S/C18H22F2N2O4/c1-11-5-3-4-8-18(11)15(23)22(17(24)21-18)10-12-6-7-13(26-16(19)20)14(9-12)25-2/h6-7,9,11,16H,3-5,8,10H2,1-2H3,(H,21,24)/t11-,18-/m0/s1. The van der Waals surface area contributed by atoms with Crippen molar-refractivity contribution >= 4 is 11.9 Å². The fourth-order valence-corrected chi connectivity index (χ4v) is 3.83. The van der Waals surface area contributed by atoms with Gasteiger partial charge >= 0.3 is 12.6 Å². The summed E-state index contributed by atoms with van der Waals surface area (Å²) in [5, 5.41) is 2.89. The number of ether oxygens (including phenoxy) is 2. The monoisotopic (exact) mass is 368 g/mol. The zero-order valence-corrected chi connectivity index (χ0v) is 14.8. The zero-order chi connectivity index (χ0) is 18.9. The molecule has 1 aliphatic carbocycles. The van der Waals surface area contributed by atoms with Gasteiger partial charge in [-0.05, 0) is 36.5 Å². The molecule has 0 aromatic heterocycles. The summed E-state index contributed by atoms with van der Waals surface area (Å²) >= 11 is 0. The largest absolute Gasteiger partial charge is 0.493 e. The molecule has 142 valence electrons. The van der Waals surface area contributed by atoms with Gasteiger partial charge in [-0.3, -0.25) is 9.69 Å². The number of nitrogens with zero attached hydrogens (tertiary/aromatic N) is 1. The van der Waals surface area contributed by atoms with E-state index in [1.165, 1.54) is 30.2 Å². The number of carbonyl (C=O) groups is 2. The number of hydrogen-bond acceptors (Lipinski definition) is 4. The summed E-state index contributed by atoms with van der Waals surface area (Å²) in [7, 11) is 1.34. The Morgan fingerprint density at radius 3 is 2.73 bits per heavy atom. The van der Waals surface area contributed by atoms with Gasteiger partial charge in [0.15, 0.2) is 11.5 Å². The van der Waals surface area contributed by atoms with Crippen LogP contribution in [-0.2, 0) is 11.3 Å². The van der Waals surface area contributed by atoms with Gasteiger partial charge in [-0.25, -0.2) is 4.79 Å². The van der Waals surface area contributed by atoms with Crippen LogP contribution < -0.4 is 14.8 Å². The van der Waals surface area contributed by atoms with Crippen molar-refractivity contribution in [2.45, 2.75) is 51.3 Å². The van der Waals surface area contributed by atoms with Crippen LogP contribution in [0.2, 0.25) is 0 Å². The third-order valence-corrected chi connectivity index (χ3v) is 5.29. The first-order chi connectivity index (χ1) is 12.4. The highest BCUT2D eigenvalue weighted by atomic mass is 19.3. The molecule has 26 heavy (non-hydrogen) atoms. The van der Waals surface area contributed by atoms with Crippen molar-refractivity contribution < 1.29 is 27.8 Å². The lowest BCUT2D eigenvalue weighted by atomic mass is 9.73. The Labute approximate surface area is 150 Å². The maximum absolute atomic E-state index is 13.0. The van der Waals surface area contributed by atoms with E-state index in [4.69, 9.17) is 4.74 Å². The molecule has 0 unspecified atom stereocenters. The third kappa shape index (κ3) is 3.20. The van der Waals surface area contributed by atoms with E-state index in [-0.39, 0.29) is 29.9 Å². The van der Waals surface area contributed by atoms with Gasteiger partial charge in [0, 0.05) is 0 Å². The number of alkyl halides is 2. The molecular weight excluding hydrogens is 346 g/mol. The van der Waals surface area contributed by atoms with Gasteiger partial charge < -0.3 is 14.8 Å². The maximum atomic E-state index is 13.0. The molecule has 1 aromatic carbocycles. The second kappa shape index (κ2) is 7.09. The van der Waals surface area contributed by atoms with Crippen LogP contribution in [0.4, 0.5) is 13.6 Å². The second-order valence-corrected chi connectivity index (χ2v) is 6.80. The third-order valence-electron chi connectivity index (χ3n) is 5.29. The summed E-state index contributed by atoms with van der Waals surface area (Å²) in [4.78, 5) is 26.6. The van der Waals surface area contributed by atoms with Gasteiger partial charge in [0.05, 0.1) is 13.7 Å². The topological polar surface area (TPSA) is 67.9 Å². The lowest BCUT2D eigenvalue weighted by molar-refractivity contribution is -0.134. The molecule has 3 amide bonds. The quantitative estimate of drug-likeness (QED) is 0.810. The normalized spacial score (nSPS) is 25.7. The number of rotatable bonds is 5. The van der Waals surface area contributed by atoms with Crippen molar-refractivity contribution in [2.75, 3.05) is 7.11 Å². The second-order valence-electron chi connectivity index (χ2n) is 6.80. The molecule has 1 heterocycles. The van der Waals surface area contributed by atoms with E-state index < -0.39 is 18.2 Å². The summed E-state index contributed by atoms with van der Waals surface area (Å²) in [6.45, 7) is -0.932. The minimum atomic E-state index is -2.96. The molecule has 6 nitrogen and oxygen atoms in total. The molecule has 2 aliphatic rings. The van der Waals surface area contributed by atoms with Crippen LogP contribution in [-0.4, -0.2) is 36.1 Å². The number of halogens is 2. The Kier molecular flexibility index (Phi) is 5.02. The minimum absolute atomic E-state index is 0.0461. The molecule has 0 bridgehead atoms. The fourth-order valence-electron chi connectivity index (χ4n) is 3.83. The first kappa shape index (κ1) is 18.4. The van der Waals surface area contributed by atoms with Crippen molar-refractivity contribution in [3.8, 4) is 11.5 Å². The molecule has 1 aliphatic heterocycles. The summed E-state index contributed by atoms with van der Waals surface area (Å²) < 4.78 is 34.3. The summed E-state index contributed by atoms with van der Waals surface area (Å²) in [6, 6.07) is 3.96. The summed E-state index contributed by atoms with van der Waals surface area (Å²) in [5.41, 5.74) is -0.231. The zero-order valence-electron chi connectivity index (χ0n) is 14.8. The Bertz CT molecular complexity index is 712. The van der Waals surface area contributed by atoms with E-state index in [9.17, 15) is 18.4 Å². The van der Waals surface area contributed by atoms with E-state index in [0.29, 0.717) is 12.0 Å². The van der Waals surface area contributed by atoms with E-state index in [2.05, 4.69) is 10.1 Å². The molecule has 2 atom stereocenters. The fraction of sp³-hybridized carbons (Fsp3) is 0.556. The van der Waals surface area contributed by atoms with Gasteiger partial charge in [0.25, 0.3) is 5.91 Å². The predicted octanol–water partition coefficient (Wildman–Crippen LogP) is 3.30. The minimum Gasteiger partial charge on any atom is -0.493 e. The molecule has 1 N–H and O–H groups in total. The van der Waals surface area contributed by atoms with Crippen LogP contribution in [0.5, 0.6) is 11.5 Å². The number of carbonyl (C=O) groups excluding carboxylic acids is 2. The number of methoxy groups -OCH3 is 1. The van der Waals surface area contributed by atoms with Crippen molar-refractivity contribution in [1.82, 2.24) is 10.2 Å². The highest BCUT2D eigenvalue weighted by molar-refractivity contribution is 6.07. The van der Waals surface area contributed by atoms with Crippen molar-refractivity contribution in [3.05, 3.63) is 23.8 Å². The molecule has 1 aromatic rings. The SMILES string of the molecule is COc1cc(CN2C(=O)N[C@]3(CCCC[C@@H]3C)C2=O)ccc1OC(F)F.